The summed E-state index contributed by atoms with van der Waals surface area (Å²) in [6.07, 6.45) is -0.210. The second-order valence-electron chi connectivity index (χ2n) is 5.31. The molecule has 0 unspecified atom stereocenters. The number of β-amino-alcohol motifs (C(OH)–C–C–N with tert-alkyl or cyclic N) is 1. The zero-order chi connectivity index (χ0) is 15.7. The number of rotatable bonds is 4. The molecule has 116 valence electrons. The van der Waals surface area contributed by atoms with Crippen LogP contribution in [0.5, 0.6) is 5.88 Å². The molecule has 0 aliphatic carbocycles. The number of ether oxygens (including phenoxy) is 1. The number of hydrogen-bond acceptors (Lipinski definition) is 4. The van der Waals surface area contributed by atoms with Gasteiger partial charge in [-0.25, -0.2) is 4.98 Å². The van der Waals surface area contributed by atoms with Crippen molar-refractivity contribution in [3.05, 3.63) is 45.4 Å². The third-order valence-corrected chi connectivity index (χ3v) is 4.99. The minimum Gasteiger partial charge on any atom is -0.481 e. The lowest BCUT2D eigenvalue weighted by Crippen LogP contribution is -2.49. The molecule has 22 heavy (non-hydrogen) atoms. The van der Waals surface area contributed by atoms with Crippen LogP contribution in [0.1, 0.15) is 5.56 Å². The van der Waals surface area contributed by atoms with E-state index in [2.05, 4.69) is 25.8 Å². The molecule has 6 heteroatoms. The Labute approximate surface area is 142 Å². The van der Waals surface area contributed by atoms with Crippen LogP contribution in [0.4, 0.5) is 0 Å². The summed E-state index contributed by atoms with van der Waals surface area (Å²) in [5.74, 6) is 0.593. The quantitative estimate of drug-likeness (QED) is 0.879. The molecule has 2 aromatic rings. The molecule has 1 aromatic heterocycles. The van der Waals surface area contributed by atoms with Gasteiger partial charge in [0.15, 0.2) is 0 Å². The minimum absolute atomic E-state index is 0.210. The van der Waals surface area contributed by atoms with Gasteiger partial charge in [-0.1, -0.05) is 29.8 Å². The third kappa shape index (κ3) is 3.13. The van der Waals surface area contributed by atoms with E-state index in [1.54, 1.807) is 7.11 Å². The first kappa shape index (κ1) is 15.7. The normalized spacial score (nSPS) is 15.6. The second kappa shape index (κ2) is 6.54. The van der Waals surface area contributed by atoms with Crippen molar-refractivity contribution in [2.75, 3.05) is 20.2 Å². The van der Waals surface area contributed by atoms with Crippen molar-refractivity contribution < 1.29 is 9.84 Å². The van der Waals surface area contributed by atoms with E-state index in [-0.39, 0.29) is 6.10 Å². The van der Waals surface area contributed by atoms with Crippen molar-refractivity contribution in [1.82, 2.24) is 9.88 Å². The van der Waals surface area contributed by atoms with E-state index in [0.717, 1.165) is 27.8 Å². The molecule has 0 bridgehead atoms. The van der Waals surface area contributed by atoms with Crippen molar-refractivity contribution in [3.8, 4) is 17.1 Å². The molecular formula is C16H16BrClN2O2. The minimum atomic E-state index is -0.210. The number of methoxy groups -OCH3 is 1. The monoisotopic (exact) mass is 382 g/mol. The Hall–Kier alpha value is -1.14. The van der Waals surface area contributed by atoms with Crippen LogP contribution in [0.15, 0.2) is 34.8 Å². The molecule has 1 N–H and O–H groups in total. The van der Waals surface area contributed by atoms with Crippen molar-refractivity contribution in [2.24, 2.45) is 0 Å². The Morgan fingerprint density at radius 2 is 2.14 bits per heavy atom. The third-order valence-electron chi connectivity index (χ3n) is 3.69. The van der Waals surface area contributed by atoms with Gasteiger partial charge < -0.3 is 9.84 Å². The highest BCUT2D eigenvalue weighted by molar-refractivity contribution is 9.10. The molecule has 0 saturated carbocycles. The Bertz CT molecular complexity index is 690. The van der Waals surface area contributed by atoms with Gasteiger partial charge in [0.25, 0.3) is 0 Å². The molecular weight excluding hydrogens is 368 g/mol. The number of halogens is 2. The van der Waals surface area contributed by atoms with Crippen LogP contribution < -0.4 is 4.74 Å². The molecule has 2 heterocycles. The van der Waals surface area contributed by atoms with E-state index >= 15 is 0 Å². The maximum absolute atomic E-state index is 9.36. The molecule has 1 aliphatic rings. The molecule has 0 radical (unpaired) electrons. The summed E-state index contributed by atoms with van der Waals surface area (Å²) in [7, 11) is 1.61. The van der Waals surface area contributed by atoms with Crippen LogP contribution in [-0.2, 0) is 6.54 Å². The first-order valence-electron chi connectivity index (χ1n) is 6.97. The van der Waals surface area contributed by atoms with E-state index in [0.29, 0.717) is 24.0 Å². The molecule has 0 spiro atoms. The van der Waals surface area contributed by atoms with Crippen LogP contribution in [0.3, 0.4) is 0 Å². The Kier molecular flexibility index (Phi) is 4.68. The maximum Gasteiger partial charge on any atom is 0.218 e. The summed E-state index contributed by atoms with van der Waals surface area (Å²) in [5, 5.41) is 10.00. The van der Waals surface area contributed by atoms with E-state index in [9.17, 15) is 5.11 Å². The molecule has 1 fully saturated rings. The largest absolute Gasteiger partial charge is 0.481 e. The first-order chi connectivity index (χ1) is 10.6. The number of nitrogens with zero attached hydrogens (tertiary/aromatic N) is 2. The Balaban J connectivity index is 1.89. The van der Waals surface area contributed by atoms with E-state index < -0.39 is 0 Å². The van der Waals surface area contributed by atoms with Gasteiger partial charge in [-0.15, -0.1) is 0 Å². The number of hydrogen-bond donors (Lipinski definition) is 1. The van der Waals surface area contributed by atoms with Crippen molar-refractivity contribution in [2.45, 2.75) is 12.6 Å². The summed E-state index contributed by atoms with van der Waals surface area (Å²) in [5.41, 5.74) is 2.64. The van der Waals surface area contributed by atoms with Gasteiger partial charge in [-0.3, -0.25) is 4.90 Å². The van der Waals surface area contributed by atoms with Gasteiger partial charge in [0.2, 0.25) is 5.88 Å². The van der Waals surface area contributed by atoms with E-state index in [1.165, 1.54) is 0 Å². The molecule has 1 aliphatic heterocycles. The van der Waals surface area contributed by atoms with E-state index in [4.69, 9.17) is 16.3 Å². The average Bonchev–Trinajstić information content (AvgIpc) is 2.49. The fourth-order valence-electron chi connectivity index (χ4n) is 2.53. The number of aromatic nitrogens is 1. The van der Waals surface area contributed by atoms with Crippen LogP contribution in [0.2, 0.25) is 5.02 Å². The molecule has 1 saturated heterocycles. The van der Waals surface area contributed by atoms with Gasteiger partial charge >= 0.3 is 0 Å². The molecule has 4 nitrogen and oxygen atoms in total. The Morgan fingerprint density at radius 3 is 2.82 bits per heavy atom. The van der Waals surface area contributed by atoms with Crippen LogP contribution in [-0.4, -0.2) is 41.3 Å². The molecule has 0 amide bonds. The lowest BCUT2D eigenvalue weighted by atomic mass is 10.1. The zero-order valence-corrected chi connectivity index (χ0v) is 14.4. The predicted molar refractivity (Wildman–Crippen MR) is 90.2 cm³/mol. The fraction of sp³-hybridized carbons (Fsp3) is 0.312. The fourth-order valence-corrected chi connectivity index (χ4v) is 3.12. The lowest BCUT2D eigenvalue weighted by molar-refractivity contribution is -0.00330. The van der Waals surface area contributed by atoms with Crippen LogP contribution in [0.25, 0.3) is 11.3 Å². The number of pyridine rings is 1. The topological polar surface area (TPSA) is 45.6 Å². The Morgan fingerprint density at radius 1 is 1.36 bits per heavy atom. The van der Waals surface area contributed by atoms with Gasteiger partial charge in [0.1, 0.15) is 0 Å². The maximum atomic E-state index is 9.36. The molecule has 0 atom stereocenters. The SMILES string of the molecule is COc1nc(-c2cccc(Br)c2Cl)ccc1CN1CC(O)C1. The summed E-state index contributed by atoms with van der Waals surface area (Å²) < 4.78 is 6.26. The number of benzene rings is 1. The number of aliphatic hydroxyl groups excluding tert-OH is 1. The van der Waals surface area contributed by atoms with E-state index in [1.807, 2.05) is 30.3 Å². The van der Waals surface area contributed by atoms with Crippen LogP contribution in [0, 0.1) is 0 Å². The number of aliphatic hydroxyl groups is 1. The van der Waals surface area contributed by atoms with Crippen molar-refractivity contribution >= 4 is 27.5 Å². The highest BCUT2D eigenvalue weighted by atomic mass is 79.9. The summed E-state index contributed by atoms with van der Waals surface area (Å²) in [6, 6.07) is 9.70. The van der Waals surface area contributed by atoms with Gasteiger partial charge in [0.05, 0.1) is 23.9 Å². The molecule has 3 rings (SSSR count). The van der Waals surface area contributed by atoms with Crippen molar-refractivity contribution in [1.29, 1.82) is 0 Å². The highest BCUT2D eigenvalue weighted by Crippen LogP contribution is 2.34. The smallest absolute Gasteiger partial charge is 0.218 e. The van der Waals surface area contributed by atoms with Gasteiger partial charge in [0, 0.05) is 35.2 Å². The summed E-state index contributed by atoms with van der Waals surface area (Å²) >= 11 is 9.76. The first-order valence-corrected chi connectivity index (χ1v) is 8.14. The van der Waals surface area contributed by atoms with Gasteiger partial charge in [-0.2, -0.15) is 0 Å². The standard InChI is InChI=1S/C16H16BrClN2O2/c1-22-16-10(7-20-8-11(21)9-20)5-6-14(19-16)12-3-2-4-13(17)15(12)18/h2-6,11,21H,7-9H2,1H3. The van der Waals surface area contributed by atoms with Gasteiger partial charge in [-0.05, 0) is 28.1 Å². The second-order valence-corrected chi connectivity index (χ2v) is 6.55. The number of likely N-dealkylation sites (tertiary alicyclic amines) is 1. The van der Waals surface area contributed by atoms with Crippen molar-refractivity contribution in [3.63, 3.8) is 0 Å². The molecule has 1 aromatic carbocycles. The summed E-state index contributed by atoms with van der Waals surface area (Å²) in [6.45, 7) is 2.12. The average molecular weight is 384 g/mol. The highest BCUT2D eigenvalue weighted by Gasteiger charge is 2.25. The zero-order valence-electron chi connectivity index (χ0n) is 12.1. The lowest BCUT2D eigenvalue weighted by Gasteiger charge is -2.35. The summed E-state index contributed by atoms with van der Waals surface area (Å²) in [4.78, 5) is 6.73. The van der Waals surface area contributed by atoms with Crippen LogP contribution >= 0.6 is 27.5 Å². The predicted octanol–water partition coefficient (Wildman–Crippen LogP) is 3.35.